The molecule has 0 aromatic carbocycles. The summed E-state index contributed by atoms with van der Waals surface area (Å²) in [7, 11) is 0. The molecule has 1 fully saturated rings. The highest BCUT2D eigenvalue weighted by atomic mass is 16.7. The molecule has 0 saturated carbocycles. The number of hydrogen-bond donors (Lipinski definition) is 1. The van der Waals surface area contributed by atoms with Crippen LogP contribution >= 0.6 is 0 Å². The van der Waals surface area contributed by atoms with E-state index < -0.39 is 6.10 Å². The van der Waals surface area contributed by atoms with Gasteiger partial charge in [-0.05, 0) is 5.92 Å². The fourth-order valence-electron chi connectivity index (χ4n) is 1.84. The second kappa shape index (κ2) is 6.38. The molecule has 3 nitrogen and oxygen atoms in total. The normalized spacial score (nSPS) is 30.2. The van der Waals surface area contributed by atoms with Crippen LogP contribution in [0.3, 0.4) is 0 Å². The van der Waals surface area contributed by atoms with E-state index in [4.69, 9.17) is 9.47 Å². The highest BCUT2D eigenvalue weighted by molar-refractivity contribution is 4.64. The van der Waals surface area contributed by atoms with Crippen molar-refractivity contribution >= 4 is 0 Å². The molecule has 1 rings (SSSR count). The van der Waals surface area contributed by atoms with Crippen molar-refractivity contribution in [3.8, 4) is 0 Å². The zero-order valence-corrected chi connectivity index (χ0v) is 9.24. The maximum absolute atomic E-state index is 9.17. The number of aliphatic hydroxyl groups is 1. The van der Waals surface area contributed by atoms with E-state index in [9.17, 15) is 5.11 Å². The molecule has 0 aromatic rings. The summed E-state index contributed by atoms with van der Waals surface area (Å²) >= 11 is 0. The summed E-state index contributed by atoms with van der Waals surface area (Å²) in [5.41, 5.74) is 0. The quantitative estimate of drug-likeness (QED) is 0.740. The molecular weight excluding hydrogens is 180 g/mol. The Balaban J connectivity index is 2.21. The van der Waals surface area contributed by atoms with Gasteiger partial charge in [0.2, 0.25) is 0 Å². The second-order valence-electron chi connectivity index (χ2n) is 4.05. The van der Waals surface area contributed by atoms with Crippen LogP contribution in [0.2, 0.25) is 0 Å². The van der Waals surface area contributed by atoms with Crippen LogP contribution in [0.5, 0.6) is 0 Å². The zero-order valence-electron chi connectivity index (χ0n) is 9.24. The zero-order chi connectivity index (χ0) is 10.4. The Morgan fingerprint density at radius 3 is 2.43 bits per heavy atom. The first-order valence-corrected chi connectivity index (χ1v) is 5.67. The number of ether oxygens (including phenoxy) is 2. The summed E-state index contributed by atoms with van der Waals surface area (Å²) < 4.78 is 10.8. The number of rotatable bonds is 5. The molecule has 1 saturated heterocycles. The Bertz CT molecular complexity index is 141. The summed E-state index contributed by atoms with van der Waals surface area (Å²) in [6, 6.07) is 0. The first-order valence-electron chi connectivity index (χ1n) is 5.67. The first-order chi connectivity index (χ1) is 6.76. The first kappa shape index (κ1) is 12.0. The van der Waals surface area contributed by atoms with E-state index in [1.165, 1.54) is 19.3 Å². The minimum atomic E-state index is -0.433. The van der Waals surface area contributed by atoms with Crippen LogP contribution in [-0.4, -0.2) is 30.7 Å². The number of aliphatic hydroxyl groups excluding tert-OH is 1. The monoisotopic (exact) mass is 202 g/mol. The van der Waals surface area contributed by atoms with E-state index in [2.05, 4.69) is 13.8 Å². The summed E-state index contributed by atoms with van der Waals surface area (Å²) in [6.45, 7) is 5.26. The lowest BCUT2D eigenvalue weighted by Crippen LogP contribution is -2.36. The minimum Gasteiger partial charge on any atom is -0.388 e. The molecule has 0 bridgehead atoms. The van der Waals surface area contributed by atoms with Gasteiger partial charge in [-0.15, -0.1) is 0 Å². The second-order valence-corrected chi connectivity index (χ2v) is 4.05. The van der Waals surface area contributed by atoms with Gasteiger partial charge in [-0.3, -0.25) is 0 Å². The van der Waals surface area contributed by atoms with E-state index in [1.54, 1.807) is 0 Å². The van der Waals surface area contributed by atoms with Crippen LogP contribution < -0.4 is 0 Å². The van der Waals surface area contributed by atoms with Crippen LogP contribution in [0.15, 0.2) is 0 Å². The summed E-state index contributed by atoms with van der Waals surface area (Å²) in [6.07, 6.45) is 4.08. The predicted molar refractivity (Wildman–Crippen MR) is 55.0 cm³/mol. The van der Waals surface area contributed by atoms with Gasteiger partial charge in [-0.1, -0.05) is 33.1 Å². The lowest BCUT2D eigenvalue weighted by molar-refractivity contribution is -0.222. The van der Waals surface area contributed by atoms with Crippen molar-refractivity contribution < 1.29 is 14.6 Å². The third-order valence-electron chi connectivity index (χ3n) is 2.75. The molecular formula is C11H22O3. The average Bonchev–Trinajstić information content (AvgIpc) is 2.20. The van der Waals surface area contributed by atoms with E-state index in [0.29, 0.717) is 19.1 Å². The molecule has 84 valence electrons. The molecule has 3 heteroatoms. The van der Waals surface area contributed by atoms with Gasteiger partial charge in [0.15, 0.2) is 6.29 Å². The van der Waals surface area contributed by atoms with Gasteiger partial charge < -0.3 is 14.6 Å². The Kier molecular flexibility index (Phi) is 5.45. The molecule has 1 heterocycles. The molecule has 1 aliphatic heterocycles. The van der Waals surface area contributed by atoms with Gasteiger partial charge in [0.05, 0.1) is 13.2 Å². The van der Waals surface area contributed by atoms with Gasteiger partial charge in [0.25, 0.3) is 0 Å². The van der Waals surface area contributed by atoms with Gasteiger partial charge in [-0.25, -0.2) is 0 Å². The Hall–Kier alpha value is -0.120. The Morgan fingerprint density at radius 2 is 1.93 bits per heavy atom. The van der Waals surface area contributed by atoms with Crippen molar-refractivity contribution in [3.63, 3.8) is 0 Å². The van der Waals surface area contributed by atoms with Crippen LogP contribution in [0, 0.1) is 5.92 Å². The smallest absolute Gasteiger partial charge is 0.158 e. The molecule has 14 heavy (non-hydrogen) atoms. The van der Waals surface area contributed by atoms with Crippen molar-refractivity contribution in [2.75, 3.05) is 13.2 Å². The standard InChI is InChI=1S/C11H22O3/c1-3-5-9(4-2)6-11-13-7-10(12)8-14-11/h9-12H,3-8H2,1-2H3. The maximum Gasteiger partial charge on any atom is 0.158 e. The molecule has 1 unspecified atom stereocenters. The largest absolute Gasteiger partial charge is 0.388 e. The predicted octanol–water partition coefficient (Wildman–Crippen LogP) is 1.94. The molecule has 0 aromatic heterocycles. The average molecular weight is 202 g/mol. The van der Waals surface area contributed by atoms with E-state index >= 15 is 0 Å². The Morgan fingerprint density at radius 1 is 1.29 bits per heavy atom. The maximum atomic E-state index is 9.17. The molecule has 1 N–H and O–H groups in total. The van der Waals surface area contributed by atoms with Gasteiger partial charge in [-0.2, -0.15) is 0 Å². The lowest BCUT2D eigenvalue weighted by atomic mass is 9.96. The van der Waals surface area contributed by atoms with Crippen LogP contribution in [0.1, 0.15) is 39.5 Å². The van der Waals surface area contributed by atoms with Gasteiger partial charge in [0, 0.05) is 6.42 Å². The fourth-order valence-corrected chi connectivity index (χ4v) is 1.84. The molecule has 1 aliphatic rings. The molecule has 0 aliphatic carbocycles. The molecule has 0 amide bonds. The number of hydrogen-bond acceptors (Lipinski definition) is 3. The third-order valence-corrected chi connectivity index (χ3v) is 2.75. The summed E-state index contributed by atoms with van der Waals surface area (Å²) in [5.74, 6) is 0.695. The summed E-state index contributed by atoms with van der Waals surface area (Å²) in [4.78, 5) is 0. The molecule has 0 radical (unpaired) electrons. The Labute approximate surface area is 86.4 Å². The van der Waals surface area contributed by atoms with Crippen molar-refractivity contribution in [1.29, 1.82) is 0 Å². The van der Waals surface area contributed by atoms with E-state index in [0.717, 1.165) is 6.42 Å². The van der Waals surface area contributed by atoms with Crippen molar-refractivity contribution in [3.05, 3.63) is 0 Å². The van der Waals surface area contributed by atoms with Crippen LogP contribution in [0.25, 0.3) is 0 Å². The van der Waals surface area contributed by atoms with Gasteiger partial charge in [0.1, 0.15) is 6.10 Å². The third kappa shape index (κ3) is 3.95. The topological polar surface area (TPSA) is 38.7 Å². The minimum absolute atomic E-state index is 0.0881. The van der Waals surface area contributed by atoms with Crippen molar-refractivity contribution in [2.24, 2.45) is 5.92 Å². The van der Waals surface area contributed by atoms with Crippen molar-refractivity contribution in [2.45, 2.75) is 51.9 Å². The molecule has 0 spiro atoms. The van der Waals surface area contributed by atoms with Gasteiger partial charge >= 0.3 is 0 Å². The van der Waals surface area contributed by atoms with E-state index in [1.807, 2.05) is 0 Å². The van der Waals surface area contributed by atoms with Crippen LogP contribution in [0.4, 0.5) is 0 Å². The molecule has 1 atom stereocenters. The van der Waals surface area contributed by atoms with Crippen LogP contribution in [-0.2, 0) is 9.47 Å². The summed E-state index contributed by atoms with van der Waals surface area (Å²) in [5, 5.41) is 9.17. The lowest BCUT2D eigenvalue weighted by Gasteiger charge is -2.29. The van der Waals surface area contributed by atoms with Crippen molar-refractivity contribution in [1.82, 2.24) is 0 Å². The SMILES string of the molecule is CCCC(CC)CC1OCC(O)CO1. The highest BCUT2D eigenvalue weighted by Gasteiger charge is 2.22. The fraction of sp³-hybridized carbons (Fsp3) is 1.00. The highest BCUT2D eigenvalue weighted by Crippen LogP contribution is 2.21. The van der Waals surface area contributed by atoms with E-state index in [-0.39, 0.29) is 6.29 Å².